The molecule has 1 aromatic carbocycles. The molecule has 164 valence electrons. The molecule has 2 aromatic rings. The molecule has 0 saturated heterocycles. The fourth-order valence-electron chi connectivity index (χ4n) is 2.91. The topological polar surface area (TPSA) is 104 Å². The summed E-state index contributed by atoms with van der Waals surface area (Å²) in [7, 11) is 0.703. The third-order valence-electron chi connectivity index (χ3n) is 4.57. The minimum absolute atomic E-state index is 0.0126. The second-order valence-corrected chi connectivity index (χ2v) is 8.26. The summed E-state index contributed by atoms with van der Waals surface area (Å²) < 4.78 is 43.3. The van der Waals surface area contributed by atoms with Crippen LogP contribution in [0.3, 0.4) is 0 Å². The summed E-state index contributed by atoms with van der Waals surface area (Å²) in [6.07, 6.45) is 1.34. The van der Waals surface area contributed by atoms with Gasteiger partial charge >= 0.3 is 5.97 Å². The number of rotatable bonds is 10. The van der Waals surface area contributed by atoms with Crippen LogP contribution in [0.4, 0.5) is 0 Å². The van der Waals surface area contributed by atoms with E-state index in [4.69, 9.17) is 14.2 Å². The lowest BCUT2D eigenvalue weighted by molar-refractivity contribution is 0.0464. The Labute approximate surface area is 176 Å². The molecule has 0 aliphatic carbocycles. The van der Waals surface area contributed by atoms with Crippen LogP contribution in [0.2, 0.25) is 0 Å². The van der Waals surface area contributed by atoms with Crippen LogP contribution in [0.1, 0.15) is 34.7 Å². The Hall–Kier alpha value is -2.85. The Morgan fingerprint density at radius 1 is 1.07 bits per heavy atom. The van der Waals surface area contributed by atoms with Crippen LogP contribution in [0.5, 0.6) is 11.5 Å². The zero-order valence-corrected chi connectivity index (χ0v) is 18.5. The fraction of sp³-hybridized carbons (Fsp3) is 0.400. The zero-order chi connectivity index (χ0) is 22.5. The Morgan fingerprint density at radius 2 is 1.73 bits per heavy atom. The molecule has 0 spiro atoms. The van der Waals surface area contributed by atoms with E-state index in [0.717, 1.165) is 0 Å². The predicted octanol–water partition coefficient (Wildman–Crippen LogP) is 2.11. The van der Waals surface area contributed by atoms with Gasteiger partial charge in [0.15, 0.2) is 6.61 Å². The molecule has 0 N–H and O–H groups in total. The van der Waals surface area contributed by atoms with E-state index in [1.807, 2.05) is 0 Å². The SMILES string of the molecule is CCN(CC)S(=O)(=O)c1cc(C(=O)OCC(=O)c2cc(OC)ccc2OC)n(C)c1. The summed E-state index contributed by atoms with van der Waals surface area (Å²) in [6, 6.07) is 5.96. The molecule has 10 heteroatoms. The van der Waals surface area contributed by atoms with Crippen molar-refractivity contribution in [2.75, 3.05) is 33.9 Å². The zero-order valence-electron chi connectivity index (χ0n) is 17.7. The van der Waals surface area contributed by atoms with Crippen molar-refractivity contribution in [2.24, 2.45) is 7.05 Å². The number of esters is 1. The van der Waals surface area contributed by atoms with Gasteiger partial charge in [-0.15, -0.1) is 0 Å². The van der Waals surface area contributed by atoms with Gasteiger partial charge in [0, 0.05) is 26.3 Å². The highest BCUT2D eigenvalue weighted by Gasteiger charge is 2.26. The second-order valence-electron chi connectivity index (χ2n) is 6.33. The molecule has 0 saturated carbocycles. The standard InChI is InChI=1S/C20H26N2O7S/c1-6-22(7-2)30(25,26)15-11-17(21(3)12-15)20(24)29-13-18(23)16-10-14(27-4)8-9-19(16)28-5/h8-12H,6-7,13H2,1-5H3. The number of methoxy groups -OCH3 is 2. The van der Waals surface area contributed by atoms with Gasteiger partial charge in [-0.3, -0.25) is 4.79 Å². The number of Topliss-reactive ketones (excluding diaryl/α,β-unsaturated/α-hetero) is 1. The molecule has 2 rings (SSSR count). The molecule has 9 nitrogen and oxygen atoms in total. The van der Waals surface area contributed by atoms with E-state index in [2.05, 4.69) is 0 Å². The molecule has 1 heterocycles. The van der Waals surface area contributed by atoms with Crippen molar-refractivity contribution in [3.8, 4) is 11.5 Å². The highest BCUT2D eigenvalue weighted by atomic mass is 32.2. The molecule has 0 aliphatic rings. The van der Waals surface area contributed by atoms with E-state index < -0.39 is 28.4 Å². The van der Waals surface area contributed by atoms with Crippen LogP contribution in [0.15, 0.2) is 35.4 Å². The molecular weight excluding hydrogens is 412 g/mol. The number of hydrogen-bond donors (Lipinski definition) is 0. The maximum Gasteiger partial charge on any atom is 0.355 e. The van der Waals surface area contributed by atoms with Crippen molar-refractivity contribution in [3.63, 3.8) is 0 Å². The van der Waals surface area contributed by atoms with Crippen molar-refractivity contribution >= 4 is 21.8 Å². The van der Waals surface area contributed by atoms with Crippen LogP contribution < -0.4 is 9.47 Å². The average molecular weight is 439 g/mol. The third-order valence-corrected chi connectivity index (χ3v) is 6.59. The predicted molar refractivity (Wildman–Crippen MR) is 110 cm³/mol. The highest BCUT2D eigenvalue weighted by Crippen LogP contribution is 2.25. The summed E-state index contributed by atoms with van der Waals surface area (Å²) in [4.78, 5) is 25.0. The van der Waals surface area contributed by atoms with Crippen LogP contribution in [0, 0.1) is 0 Å². The Kier molecular flexibility index (Phi) is 7.63. The number of aryl methyl sites for hydroxylation is 1. The molecule has 1 aromatic heterocycles. The van der Waals surface area contributed by atoms with E-state index in [0.29, 0.717) is 24.6 Å². The first-order valence-electron chi connectivity index (χ1n) is 9.28. The molecule has 0 unspecified atom stereocenters. The second kappa shape index (κ2) is 9.77. The smallest absolute Gasteiger partial charge is 0.355 e. The first-order chi connectivity index (χ1) is 14.2. The summed E-state index contributed by atoms with van der Waals surface area (Å²) in [5.74, 6) is -0.513. The van der Waals surface area contributed by atoms with Gasteiger partial charge in [-0.05, 0) is 24.3 Å². The van der Waals surface area contributed by atoms with Gasteiger partial charge in [-0.25, -0.2) is 13.2 Å². The van der Waals surface area contributed by atoms with Crippen molar-refractivity contribution in [2.45, 2.75) is 18.7 Å². The van der Waals surface area contributed by atoms with Gasteiger partial charge in [0.25, 0.3) is 0 Å². The van der Waals surface area contributed by atoms with Crippen LogP contribution in [0.25, 0.3) is 0 Å². The maximum absolute atomic E-state index is 12.6. The number of carbonyl (C=O) groups excluding carboxylic acids is 2. The average Bonchev–Trinajstić information content (AvgIpc) is 3.14. The van der Waals surface area contributed by atoms with Crippen LogP contribution in [-0.4, -0.2) is 63.0 Å². The van der Waals surface area contributed by atoms with E-state index in [9.17, 15) is 18.0 Å². The molecule has 0 amide bonds. The normalized spacial score (nSPS) is 11.4. The number of aromatic nitrogens is 1. The third kappa shape index (κ3) is 4.82. The van der Waals surface area contributed by atoms with Crippen molar-refractivity contribution in [1.29, 1.82) is 0 Å². The molecular formula is C20H26N2O7S. The highest BCUT2D eigenvalue weighted by molar-refractivity contribution is 7.89. The number of nitrogens with zero attached hydrogens (tertiary/aromatic N) is 2. The number of ether oxygens (including phenoxy) is 3. The number of carbonyl (C=O) groups is 2. The summed E-state index contributed by atoms with van der Waals surface area (Å²) >= 11 is 0. The largest absolute Gasteiger partial charge is 0.497 e. The van der Waals surface area contributed by atoms with E-state index in [1.54, 1.807) is 26.0 Å². The number of ketones is 1. The van der Waals surface area contributed by atoms with Crippen molar-refractivity contribution < 1.29 is 32.2 Å². The van der Waals surface area contributed by atoms with Gasteiger partial charge < -0.3 is 18.8 Å². The lowest BCUT2D eigenvalue weighted by Gasteiger charge is -2.17. The first-order valence-corrected chi connectivity index (χ1v) is 10.7. The van der Waals surface area contributed by atoms with Crippen molar-refractivity contribution in [1.82, 2.24) is 8.87 Å². The van der Waals surface area contributed by atoms with Gasteiger partial charge in [0.2, 0.25) is 15.8 Å². The van der Waals surface area contributed by atoms with Crippen LogP contribution >= 0.6 is 0 Å². The van der Waals surface area contributed by atoms with E-state index in [-0.39, 0.29) is 16.2 Å². The molecule has 0 atom stereocenters. The minimum atomic E-state index is -3.72. The number of hydrogen-bond acceptors (Lipinski definition) is 7. The van der Waals surface area contributed by atoms with Crippen LogP contribution in [-0.2, 0) is 21.8 Å². The lowest BCUT2D eigenvalue weighted by atomic mass is 10.1. The van der Waals surface area contributed by atoms with E-state index in [1.165, 1.54) is 48.5 Å². The summed E-state index contributed by atoms with van der Waals surface area (Å²) in [5.41, 5.74) is 0.229. The number of sulfonamides is 1. The van der Waals surface area contributed by atoms with E-state index >= 15 is 0 Å². The Morgan fingerprint density at radius 3 is 2.30 bits per heavy atom. The van der Waals surface area contributed by atoms with Gasteiger partial charge in [-0.1, -0.05) is 13.8 Å². The first kappa shape index (κ1) is 23.4. The number of benzene rings is 1. The monoisotopic (exact) mass is 438 g/mol. The maximum atomic E-state index is 12.6. The molecule has 0 bridgehead atoms. The Balaban J connectivity index is 2.18. The van der Waals surface area contributed by atoms with Gasteiger partial charge in [0.1, 0.15) is 22.1 Å². The van der Waals surface area contributed by atoms with Gasteiger partial charge in [-0.2, -0.15) is 4.31 Å². The minimum Gasteiger partial charge on any atom is -0.497 e. The Bertz CT molecular complexity index is 1020. The quantitative estimate of drug-likeness (QED) is 0.413. The fourth-order valence-corrected chi connectivity index (χ4v) is 4.44. The molecule has 0 aliphatic heterocycles. The summed E-state index contributed by atoms with van der Waals surface area (Å²) in [5, 5.41) is 0. The molecule has 0 radical (unpaired) electrons. The van der Waals surface area contributed by atoms with Gasteiger partial charge in [0.05, 0.1) is 19.8 Å². The molecule has 30 heavy (non-hydrogen) atoms. The summed E-state index contributed by atoms with van der Waals surface area (Å²) in [6.45, 7) is 3.55. The van der Waals surface area contributed by atoms with Crippen molar-refractivity contribution in [3.05, 3.63) is 41.7 Å². The molecule has 0 fully saturated rings. The lowest BCUT2D eigenvalue weighted by Crippen LogP contribution is -2.30.